The number of hydrogen-bond acceptors (Lipinski definition) is 6. The van der Waals surface area contributed by atoms with E-state index in [1.54, 1.807) is 29.5 Å². The summed E-state index contributed by atoms with van der Waals surface area (Å²) in [5.74, 6) is 6.49. The van der Waals surface area contributed by atoms with Crippen molar-refractivity contribution in [3.8, 4) is 11.8 Å². The fourth-order valence-electron chi connectivity index (χ4n) is 2.48. The number of tetrazole rings is 1. The number of carbonyl (C=O) groups is 1. The van der Waals surface area contributed by atoms with Crippen LogP contribution in [0, 0.1) is 11.8 Å². The van der Waals surface area contributed by atoms with E-state index < -0.39 is 0 Å². The second-order valence-electron chi connectivity index (χ2n) is 5.60. The molecule has 0 bridgehead atoms. The van der Waals surface area contributed by atoms with Gasteiger partial charge < -0.3 is 0 Å². The van der Waals surface area contributed by atoms with Crippen LogP contribution < -0.4 is 0 Å². The molecule has 118 valence electrons. The van der Waals surface area contributed by atoms with Gasteiger partial charge in [0, 0.05) is 22.4 Å². The summed E-state index contributed by atoms with van der Waals surface area (Å²) < 4.78 is 1.10. The molecule has 1 fully saturated rings. The molecule has 6 nitrogen and oxygen atoms in total. The first-order valence-electron chi connectivity index (χ1n) is 7.65. The van der Waals surface area contributed by atoms with Gasteiger partial charge in [-0.2, -0.15) is 4.68 Å². The van der Waals surface area contributed by atoms with Gasteiger partial charge in [-0.1, -0.05) is 18.4 Å². The molecule has 0 saturated heterocycles. The standard InChI is InChI=1S/C17H13N5OS/c23-17(22-11-18-20-21-22)14-6-1-3-12(9-14)7-8-16-19-15(10-24-16)13-4-2-5-13/h1,3,6,9-11,13H,2,4-5H2. The number of benzene rings is 1. The molecule has 1 saturated carbocycles. The van der Waals surface area contributed by atoms with E-state index in [-0.39, 0.29) is 5.91 Å². The Morgan fingerprint density at radius 1 is 1.29 bits per heavy atom. The molecule has 0 radical (unpaired) electrons. The summed E-state index contributed by atoms with van der Waals surface area (Å²) in [6, 6.07) is 7.11. The van der Waals surface area contributed by atoms with Crippen molar-refractivity contribution >= 4 is 17.2 Å². The van der Waals surface area contributed by atoms with Gasteiger partial charge in [0.2, 0.25) is 0 Å². The van der Waals surface area contributed by atoms with Gasteiger partial charge in [0.05, 0.1) is 5.69 Å². The molecule has 0 unspecified atom stereocenters. The van der Waals surface area contributed by atoms with Crippen molar-refractivity contribution in [2.24, 2.45) is 0 Å². The highest BCUT2D eigenvalue weighted by Gasteiger charge is 2.21. The SMILES string of the molecule is O=C(c1cccc(C#Cc2nc(C3CCC3)cs2)c1)n1cnnn1. The Hall–Kier alpha value is -2.85. The lowest BCUT2D eigenvalue weighted by molar-refractivity contribution is 0.0942. The highest BCUT2D eigenvalue weighted by Crippen LogP contribution is 2.36. The maximum Gasteiger partial charge on any atom is 0.281 e. The van der Waals surface area contributed by atoms with Gasteiger partial charge in [0.15, 0.2) is 5.01 Å². The molecule has 0 amide bonds. The van der Waals surface area contributed by atoms with E-state index in [1.807, 2.05) is 6.07 Å². The third-order valence-corrected chi connectivity index (χ3v) is 4.80. The van der Waals surface area contributed by atoms with Crippen LogP contribution in [0.3, 0.4) is 0 Å². The van der Waals surface area contributed by atoms with Gasteiger partial charge in [0.1, 0.15) is 6.33 Å². The number of rotatable bonds is 2. The van der Waals surface area contributed by atoms with Crippen LogP contribution in [0.1, 0.15) is 51.8 Å². The molecule has 4 rings (SSSR count). The second kappa shape index (κ2) is 6.34. The molecule has 3 aromatic rings. The Morgan fingerprint density at radius 3 is 2.96 bits per heavy atom. The van der Waals surface area contributed by atoms with Crippen LogP contribution in [-0.4, -0.2) is 31.1 Å². The quantitative estimate of drug-likeness (QED) is 0.531. The molecule has 1 aliphatic rings. The first-order chi connectivity index (χ1) is 11.8. The van der Waals surface area contributed by atoms with Crippen molar-refractivity contribution in [3.63, 3.8) is 0 Å². The molecule has 0 aliphatic heterocycles. The summed E-state index contributed by atoms with van der Waals surface area (Å²) in [5.41, 5.74) is 2.41. The smallest absolute Gasteiger partial charge is 0.267 e. The van der Waals surface area contributed by atoms with Gasteiger partial charge in [-0.05, 0) is 47.4 Å². The fourth-order valence-corrected chi connectivity index (χ4v) is 3.22. The van der Waals surface area contributed by atoms with Crippen molar-refractivity contribution in [3.05, 3.63) is 57.8 Å². The largest absolute Gasteiger partial charge is 0.281 e. The molecule has 24 heavy (non-hydrogen) atoms. The number of aromatic nitrogens is 5. The van der Waals surface area contributed by atoms with Crippen LogP contribution in [0.15, 0.2) is 36.0 Å². The first kappa shape index (κ1) is 14.7. The molecule has 1 aromatic carbocycles. The van der Waals surface area contributed by atoms with Crippen molar-refractivity contribution in [2.45, 2.75) is 25.2 Å². The Bertz CT molecular complexity index is 931. The highest BCUT2D eigenvalue weighted by molar-refractivity contribution is 7.10. The van der Waals surface area contributed by atoms with E-state index in [0.717, 1.165) is 20.9 Å². The van der Waals surface area contributed by atoms with E-state index in [9.17, 15) is 4.79 Å². The Morgan fingerprint density at radius 2 is 2.21 bits per heavy atom. The normalized spacial score (nSPS) is 13.8. The van der Waals surface area contributed by atoms with Crippen LogP contribution in [0.5, 0.6) is 0 Å². The van der Waals surface area contributed by atoms with Crippen molar-refractivity contribution in [1.82, 2.24) is 25.2 Å². The summed E-state index contributed by atoms with van der Waals surface area (Å²) in [5, 5.41) is 13.5. The van der Waals surface area contributed by atoms with Gasteiger partial charge in [-0.25, -0.2) is 4.98 Å². The lowest BCUT2D eigenvalue weighted by Crippen LogP contribution is -2.12. The van der Waals surface area contributed by atoms with Crippen LogP contribution in [0.25, 0.3) is 0 Å². The number of nitrogens with zero attached hydrogens (tertiary/aromatic N) is 5. The van der Waals surface area contributed by atoms with Crippen molar-refractivity contribution in [1.29, 1.82) is 0 Å². The average molecular weight is 335 g/mol. The van der Waals surface area contributed by atoms with Crippen LogP contribution in [0.4, 0.5) is 0 Å². The second-order valence-corrected chi connectivity index (χ2v) is 6.45. The van der Waals surface area contributed by atoms with E-state index >= 15 is 0 Å². The summed E-state index contributed by atoms with van der Waals surface area (Å²) >= 11 is 1.57. The van der Waals surface area contributed by atoms with E-state index in [0.29, 0.717) is 11.5 Å². The molecule has 1 aliphatic carbocycles. The minimum atomic E-state index is -0.287. The average Bonchev–Trinajstić information content (AvgIpc) is 3.23. The fraction of sp³-hybridized carbons (Fsp3) is 0.235. The zero-order chi connectivity index (χ0) is 16.4. The molecular formula is C17H13N5OS. The Kier molecular flexibility index (Phi) is 3.89. The molecule has 0 spiro atoms. The van der Waals surface area contributed by atoms with Crippen molar-refractivity contribution < 1.29 is 4.79 Å². The third kappa shape index (κ3) is 2.96. The van der Waals surface area contributed by atoms with Crippen LogP contribution in [0.2, 0.25) is 0 Å². The predicted molar refractivity (Wildman–Crippen MR) is 88.7 cm³/mol. The minimum absolute atomic E-state index is 0.287. The van der Waals surface area contributed by atoms with Gasteiger partial charge in [-0.15, -0.1) is 16.4 Å². The molecule has 2 aromatic heterocycles. The summed E-state index contributed by atoms with van der Waals surface area (Å²) in [4.78, 5) is 16.8. The molecule has 7 heteroatoms. The highest BCUT2D eigenvalue weighted by atomic mass is 32.1. The number of hydrogen-bond donors (Lipinski definition) is 0. The number of carbonyl (C=O) groups excluding carboxylic acids is 1. The maximum atomic E-state index is 12.2. The van der Waals surface area contributed by atoms with Gasteiger partial charge in [-0.3, -0.25) is 4.79 Å². The van der Waals surface area contributed by atoms with Crippen LogP contribution >= 0.6 is 11.3 Å². The predicted octanol–water partition coefficient (Wildman–Crippen LogP) is 2.49. The molecule has 2 heterocycles. The zero-order valence-electron chi connectivity index (χ0n) is 12.7. The monoisotopic (exact) mass is 335 g/mol. The lowest BCUT2D eigenvalue weighted by Gasteiger charge is -2.22. The molecular weight excluding hydrogens is 322 g/mol. The lowest BCUT2D eigenvalue weighted by atomic mass is 9.83. The van der Waals surface area contributed by atoms with Crippen molar-refractivity contribution in [2.75, 3.05) is 0 Å². The van der Waals surface area contributed by atoms with Crippen LogP contribution in [-0.2, 0) is 0 Å². The summed E-state index contributed by atoms with van der Waals surface area (Å²) in [6.07, 6.45) is 5.04. The number of thiazole rings is 1. The van der Waals surface area contributed by atoms with E-state index in [1.165, 1.54) is 25.6 Å². The summed E-state index contributed by atoms with van der Waals surface area (Å²) in [6.45, 7) is 0. The Balaban J connectivity index is 1.54. The van der Waals surface area contributed by atoms with E-state index in [2.05, 4.69) is 37.7 Å². The summed E-state index contributed by atoms with van der Waals surface area (Å²) in [7, 11) is 0. The van der Waals surface area contributed by atoms with Gasteiger partial charge in [0.25, 0.3) is 5.91 Å². The van der Waals surface area contributed by atoms with E-state index in [4.69, 9.17) is 0 Å². The minimum Gasteiger partial charge on any atom is -0.267 e. The first-order valence-corrected chi connectivity index (χ1v) is 8.53. The zero-order valence-corrected chi connectivity index (χ0v) is 13.5. The maximum absolute atomic E-state index is 12.2. The topological polar surface area (TPSA) is 73.6 Å². The van der Waals surface area contributed by atoms with Gasteiger partial charge >= 0.3 is 0 Å². The molecule has 0 atom stereocenters. The third-order valence-electron chi connectivity index (χ3n) is 4.03. The Labute approximate surface area is 142 Å². The molecule has 0 N–H and O–H groups in total.